The van der Waals surface area contributed by atoms with Crippen molar-refractivity contribution in [2.75, 3.05) is 19.0 Å². The van der Waals surface area contributed by atoms with Crippen LogP contribution in [0.2, 0.25) is 0 Å². The van der Waals surface area contributed by atoms with E-state index in [0.717, 1.165) is 11.3 Å². The molecule has 2 aromatic rings. The molecule has 10 heteroatoms. The maximum Gasteiger partial charge on any atom is 0.255 e. The van der Waals surface area contributed by atoms with E-state index < -0.39 is 6.04 Å². The standard InChI is InChI=1S/C20H27N7O3/c1-3-22-15-9-10-19(30-2)16(12-15)20(29)24-17(11-14-7-5-4-6-8-14)18(28)13-23-26-27-25-21/h4-10,12-13,17,22,28H,3,11H2,1-2H3,(H,24,29)(H,25,26)(H3,21,23,27)/t17-/m0/s1. The van der Waals surface area contributed by atoms with E-state index in [9.17, 15) is 9.90 Å². The molecule has 0 saturated carbocycles. The first-order valence-electron chi connectivity index (χ1n) is 9.35. The molecule has 0 aliphatic carbocycles. The van der Waals surface area contributed by atoms with E-state index in [-0.39, 0.29) is 11.7 Å². The average Bonchev–Trinajstić information content (AvgIpc) is 2.77. The van der Waals surface area contributed by atoms with Crippen molar-refractivity contribution in [3.05, 3.63) is 71.6 Å². The molecule has 0 fully saturated rings. The number of rotatable bonds is 11. The maximum absolute atomic E-state index is 13.0. The van der Waals surface area contributed by atoms with E-state index in [1.54, 1.807) is 12.1 Å². The summed E-state index contributed by atoms with van der Waals surface area (Å²) >= 11 is 0. The summed E-state index contributed by atoms with van der Waals surface area (Å²) in [5.41, 5.74) is 6.92. The Morgan fingerprint density at radius 3 is 2.70 bits per heavy atom. The predicted octanol–water partition coefficient (Wildman–Crippen LogP) is 2.20. The lowest BCUT2D eigenvalue weighted by atomic mass is 10.0. The number of nitrogens with two attached hydrogens (primary N) is 1. The van der Waals surface area contributed by atoms with Crippen molar-refractivity contribution < 1.29 is 14.6 Å². The molecule has 2 rings (SSSR count). The van der Waals surface area contributed by atoms with Gasteiger partial charge in [-0.1, -0.05) is 35.6 Å². The van der Waals surface area contributed by atoms with E-state index >= 15 is 0 Å². The lowest BCUT2D eigenvalue weighted by Gasteiger charge is -2.20. The molecule has 0 aliphatic heterocycles. The molecule has 0 unspecified atom stereocenters. The second-order valence-corrected chi connectivity index (χ2v) is 6.20. The predicted molar refractivity (Wildman–Crippen MR) is 115 cm³/mol. The minimum atomic E-state index is -0.712. The number of amides is 1. The van der Waals surface area contributed by atoms with Gasteiger partial charge in [-0.3, -0.25) is 10.2 Å². The second kappa shape index (κ2) is 11.8. The molecule has 30 heavy (non-hydrogen) atoms. The van der Waals surface area contributed by atoms with Crippen molar-refractivity contribution in [2.24, 2.45) is 16.3 Å². The molecule has 7 N–H and O–H groups in total. The van der Waals surface area contributed by atoms with Crippen LogP contribution in [0.5, 0.6) is 5.75 Å². The molecule has 0 aliphatic rings. The first-order valence-corrected chi connectivity index (χ1v) is 9.35. The van der Waals surface area contributed by atoms with Gasteiger partial charge in [0.15, 0.2) is 0 Å². The van der Waals surface area contributed by atoms with Gasteiger partial charge in [0.2, 0.25) is 0 Å². The first kappa shape index (κ1) is 22.3. The third-order valence-electron chi connectivity index (χ3n) is 4.16. The number of ether oxygens (including phenoxy) is 1. The molecular weight excluding hydrogens is 386 g/mol. The van der Waals surface area contributed by atoms with Gasteiger partial charge in [0, 0.05) is 12.2 Å². The zero-order valence-electron chi connectivity index (χ0n) is 16.9. The van der Waals surface area contributed by atoms with Gasteiger partial charge in [-0.2, -0.15) is 0 Å². The number of hydrazine groups is 1. The third kappa shape index (κ3) is 6.59. The van der Waals surface area contributed by atoms with Crippen LogP contribution in [0.1, 0.15) is 22.8 Å². The highest BCUT2D eigenvalue weighted by atomic mass is 16.5. The van der Waals surface area contributed by atoms with E-state index in [1.807, 2.05) is 43.3 Å². The fraction of sp³-hybridized carbons (Fsp3) is 0.250. The van der Waals surface area contributed by atoms with E-state index in [1.165, 1.54) is 13.3 Å². The Morgan fingerprint density at radius 2 is 2.03 bits per heavy atom. The summed E-state index contributed by atoms with van der Waals surface area (Å²) in [6.45, 7) is 2.68. The Balaban J connectivity index is 2.25. The minimum Gasteiger partial charge on any atom is -0.509 e. The van der Waals surface area contributed by atoms with Crippen molar-refractivity contribution in [3.8, 4) is 5.75 Å². The zero-order valence-corrected chi connectivity index (χ0v) is 16.9. The summed E-state index contributed by atoms with van der Waals surface area (Å²) in [5.74, 6) is 4.82. The highest BCUT2D eigenvalue weighted by Crippen LogP contribution is 2.23. The molecule has 0 spiro atoms. The van der Waals surface area contributed by atoms with Crippen molar-refractivity contribution >= 4 is 11.6 Å². The van der Waals surface area contributed by atoms with Gasteiger partial charge in [-0.25, -0.2) is 5.53 Å². The van der Waals surface area contributed by atoms with Crippen molar-refractivity contribution in [1.82, 2.24) is 16.3 Å². The van der Waals surface area contributed by atoms with Crippen LogP contribution in [0.4, 0.5) is 5.69 Å². The number of nitrogens with zero attached hydrogens (tertiary/aromatic N) is 2. The molecule has 1 amide bonds. The summed E-state index contributed by atoms with van der Waals surface area (Å²) in [7, 11) is 1.50. The number of aliphatic hydroxyl groups excluding tert-OH is 1. The van der Waals surface area contributed by atoms with Crippen LogP contribution < -0.4 is 32.2 Å². The fourth-order valence-electron chi connectivity index (χ4n) is 2.78. The van der Waals surface area contributed by atoms with Gasteiger partial charge in [0.1, 0.15) is 11.5 Å². The average molecular weight is 413 g/mol. The maximum atomic E-state index is 13.0. The zero-order chi connectivity index (χ0) is 21.8. The topological polar surface area (TPSA) is 145 Å². The van der Waals surface area contributed by atoms with Gasteiger partial charge in [-0.05, 0) is 42.3 Å². The van der Waals surface area contributed by atoms with Gasteiger partial charge < -0.3 is 26.3 Å². The largest absolute Gasteiger partial charge is 0.509 e. The van der Waals surface area contributed by atoms with Crippen molar-refractivity contribution in [2.45, 2.75) is 19.4 Å². The van der Waals surface area contributed by atoms with Crippen LogP contribution in [0.25, 0.3) is 0 Å². The lowest BCUT2D eigenvalue weighted by molar-refractivity contribution is 0.0930. The minimum absolute atomic E-state index is 0.117. The summed E-state index contributed by atoms with van der Waals surface area (Å²) in [4.78, 5) is 13.0. The molecule has 0 aromatic heterocycles. The van der Waals surface area contributed by atoms with Crippen molar-refractivity contribution in [3.63, 3.8) is 0 Å². The van der Waals surface area contributed by atoms with Crippen molar-refractivity contribution in [1.29, 1.82) is 0 Å². The molecule has 1 atom stereocenters. The Hall–Kier alpha value is -3.95. The lowest BCUT2D eigenvalue weighted by Crippen LogP contribution is -2.39. The van der Waals surface area contributed by atoms with Crippen LogP contribution in [-0.2, 0) is 6.42 Å². The summed E-state index contributed by atoms with van der Waals surface area (Å²) in [5, 5.41) is 22.9. The van der Waals surface area contributed by atoms with Crippen LogP contribution in [0, 0.1) is 0 Å². The molecule has 0 bridgehead atoms. The fourth-order valence-corrected chi connectivity index (χ4v) is 2.78. The van der Waals surface area contributed by atoms with E-state index in [4.69, 9.17) is 10.6 Å². The van der Waals surface area contributed by atoms with E-state index in [0.29, 0.717) is 24.3 Å². The molecule has 0 heterocycles. The van der Waals surface area contributed by atoms with Crippen LogP contribution in [0.15, 0.2) is 70.9 Å². The SMILES string of the molecule is CCNc1ccc(OC)c(C(=O)N[C@@H](Cc2ccccc2)C(O)=CNNN=NN)c1. The number of anilines is 1. The molecule has 160 valence electrons. The summed E-state index contributed by atoms with van der Waals surface area (Å²) in [6, 6.07) is 14.0. The smallest absolute Gasteiger partial charge is 0.255 e. The summed E-state index contributed by atoms with van der Waals surface area (Å²) < 4.78 is 5.33. The molecule has 10 nitrogen and oxygen atoms in total. The number of carbonyl (C=O) groups is 1. The molecule has 0 radical (unpaired) electrons. The second-order valence-electron chi connectivity index (χ2n) is 6.20. The Bertz CT molecular complexity index is 872. The number of hydrogen-bond donors (Lipinski definition) is 6. The Kier molecular flexibility index (Phi) is 8.78. The number of hydrogen-bond acceptors (Lipinski definition) is 7. The van der Waals surface area contributed by atoms with E-state index in [2.05, 4.69) is 32.0 Å². The first-order chi connectivity index (χ1) is 14.6. The van der Waals surface area contributed by atoms with Gasteiger partial charge in [-0.15, -0.1) is 0 Å². The number of carbonyl (C=O) groups excluding carboxylic acids is 1. The molecule has 2 aromatic carbocycles. The Morgan fingerprint density at radius 1 is 1.27 bits per heavy atom. The van der Waals surface area contributed by atoms with Gasteiger partial charge >= 0.3 is 0 Å². The van der Waals surface area contributed by atoms with Gasteiger partial charge in [0.05, 0.1) is 24.9 Å². The van der Waals surface area contributed by atoms with Crippen LogP contribution in [0.3, 0.4) is 0 Å². The molecule has 0 saturated heterocycles. The highest BCUT2D eigenvalue weighted by molar-refractivity contribution is 5.98. The third-order valence-corrected chi connectivity index (χ3v) is 4.16. The van der Waals surface area contributed by atoms with Crippen LogP contribution in [-0.4, -0.2) is 30.7 Å². The van der Waals surface area contributed by atoms with Crippen LogP contribution >= 0.6 is 0 Å². The monoisotopic (exact) mass is 413 g/mol. The summed E-state index contributed by atoms with van der Waals surface area (Å²) in [6.07, 6.45) is 1.62. The Labute approximate surface area is 175 Å². The number of nitrogens with one attached hydrogen (secondary N) is 4. The molecular formula is C20H27N7O3. The quantitative estimate of drug-likeness (QED) is 0.109. The highest BCUT2D eigenvalue weighted by Gasteiger charge is 2.21. The normalized spacial score (nSPS) is 12.3. The number of benzene rings is 2. The van der Waals surface area contributed by atoms with Gasteiger partial charge in [0.25, 0.3) is 5.91 Å². The number of aliphatic hydroxyl groups is 1. The number of methoxy groups -OCH3 is 1.